The molecule has 0 unspecified atom stereocenters. The minimum absolute atomic E-state index is 0.00760. The van der Waals surface area contributed by atoms with E-state index in [1.807, 2.05) is 0 Å². The largest absolute Gasteiger partial charge is 0.458 e. The fourth-order valence-electron chi connectivity index (χ4n) is 7.11. The Morgan fingerprint density at radius 2 is 1.92 bits per heavy atom. The van der Waals surface area contributed by atoms with Crippen LogP contribution >= 0.6 is 0 Å². The number of cyclic esters (lactones) is 1. The van der Waals surface area contributed by atoms with Crippen LogP contribution in [-0.4, -0.2) is 26.5 Å². The molecule has 0 bridgehead atoms. The number of hydrogen-bond acceptors (Lipinski definition) is 6. The van der Waals surface area contributed by atoms with Crippen LogP contribution in [-0.2, 0) is 39.5 Å². The van der Waals surface area contributed by atoms with Crippen molar-refractivity contribution >= 4 is 22.8 Å². The fourth-order valence-corrected chi connectivity index (χ4v) is 7.11. The average molecular weight is 532 g/mol. The summed E-state index contributed by atoms with van der Waals surface area (Å²) in [7, 11) is 0. The zero-order valence-corrected chi connectivity index (χ0v) is 22.0. The number of nitrogens with zero attached hydrogens (tertiary/aromatic N) is 2. The SMILES string of the molecule is Cc1c(F)cc2nc3c(c4c2c1CC[C@@H]4NC(=O)C1CCCCC1)Cn1c-3cc2c(c1=O)COC(=O)[C@@]2(C)O. The Morgan fingerprint density at radius 3 is 2.69 bits per heavy atom. The Kier molecular flexibility index (Phi) is 5.30. The van der Waals surface area contributed by atoms with Crippen molar-refractivity contribution in [2.75, 3.05) is 0 Å². The van der Waals surface area contributed by atoms with Crippen molar-refractivity contribution in [1.29, 1.82) is 0 Å². The van der Waals surface area contributed by atoms with Gasteiger partial charge >= 0.3 is 5.97 Å². The molecule has 0 saturated heterocycles. The van der Waals surface area contributed by atoms with Crippen molar-refractivity contribution < 1.29 is 23.8 Å². The zero-order valence-electron chi connectivity index (χ0n) is 22.0. The van der Waals surface area contributed by atoms with Gasteiger partial charge in [-0.1, -0.05) is 19.3 Å². The lowest BCUT2D eigenvalue weighted by molar-refractivity contribution is -0.169. The summed E-state index contributed by atoms with van der Waals surface area (Å²) in [5.41, 5.74) is 2.75. The van der Waals surface area contributed by atoms with Crippen molar-refractivity contribution in [3.05, 3.63) is 61.7 Å². The molecule has 9 heteroatoms. The van der Waals surface area contributed by atoms with Crippen molar-refractivity contribution in [2.45, 2.75) is 83.6 Å². The van der Waals surface area contributed by atoms with Gasteiger partial charge in [0.05, 0.1) is 35.1 Å². The molecule has 0 spiro atoms. The van der Waals surface area contributed by atoms with Crippen LogP contribution in [0.2, 0.25) is 0 Å². The van der Waals surface area contributed by atoms with Crippen LogP contribution in [0.3, 0.4) is 0 Å². The Hall–Kier alpha value is -3.59. The van der Waals surface area contributed by atoms with Gasteiger partial charge in [0, 0.05) is 28.5 Å². The normalized spacial score (nSPS) is 23.7. The van der Waals surface area contributed by atoms with Gasteiger partial charge in [-0.2, -0.15) is 0 Å². The number of aryl methyl sites for hydroxylation is 1. The number of aliphatic hydroxyl groups is 1. The number of esters is 1. The van der Waals surface area contributed by atoms with Crippen LogP contribution in [0, 0.1) is 18.7 Å². The van der Waals surface area contributed by atoms with Gasteiger partial charge in [0.15, 0.2) is 5.60 Å². The molecule has 2 aliphatic carbocycles. The van der Waals surface area contributed by atoms with E-state index in [1.54, 1.807) is 17.6 Å². The molecule has 2 N–H and O–H groups in total. The molecular weight excluding hydrogens is 501 g/mol. The number of rotatable bonds is 2. The second-order valence-electron chi connectivity index (χ2n) is 11.6. The van der Waals surface area contributed by atoms with E-state index in [4.69, 9.17) is 9.72 Å². The smallest absolute Gasteiger partial charge is 0.342 e. The van der Waals surface area contributed by atoms with Crippen LogP contribution in [0.25, 0.3) is 22.3 Å². The number of amides is 1. The number of pyridine rings is 2. The van der Waals surface area contributed by atoms with E-state index in [9.17, 15) is 19.5 Å². The highest BCUT2D eigenvalue weighted by atomic mass is 19.1. The Labute approximate surface area is 224 Å². The highest BCUT2D eigenvalue weighted by molar-refractivity contribution is 5.94. The molecule has 3 aromatic rings. The quantitative estimate of drug-likeness (QED) is 0.381. The average Bonchev–Trinajstić information content (AvgIpc) is 3.29. The summed E-state index contributed by atoms with van der Waals surface area (Å²) < 4.78 is 21.7. The molecule has 1 aromatic carbocycles. The van der Waals surface area contributed by atoms with Gasteiger partial charge in [0.25, 0.3) is 5.56 Å². The van der Waals surface area contributed by atoms with Gasteiger partial charge in [-0.3, -0.25) is 9.59 Å². The Morgan fingerprint density at radius 1 is 1.15 bits per heavy atom. The molecule has 202 valence electrons. The summed E-state index contributed by atoms with van der Waals surface area (Å²) >= 11 is 0. The van der Waals surface area contributed by atoms with Crippen LogP contribution in [0.4, 0.5) is 4.39 Å². The summed E-state index contributed by atoms with van der Waals surface area (Å²) in [5, 5.41) is 15.1. The first-order chi connectivity index (χ1) is 18.7. The number of fused-ring (bicyclic) bond motifs is 5. The lowest BCUT2D eigenvalue weighted by Crippen LogP contribution is -2.42. The second-order valence-corrected chi connectivity index (χ2v) is 11.6. The van der Waals surface area contributed by atoms with Crippen molar-refractivity contribution in [2.24, 2.45) is 5.92 Å². The number of carbonyl (C=O) groups is 2. The van der Waals surface area contributed by atoms with Crippen LogP contribution < -0.4 is 10.9 Å². The molecule has 1 fully saturated rings. The number of hydrogen-bond donors (Lipinski definition) is 2. The van der Waals surface area contributed by atoms with Gasteiger partial charge in [-0.05, 0) is 62.3 Å². The summed E-state index contributed by atoms with van der Waals surface area (Å²) in [6.45, 7) is 3.11. The van der Waals surface area contributed by atoms with Gasteiger partial charge in [0.2, 0.25) is 5.91 Å². The van der Waals surface area contributed by atoms with Crippen molar-refractivity contribution in [3.8, 4) is 11.4 Å². The molecule has 39 heavy (non-hydrogen) atoms. The number of carbonyl (C=O) groups excluding carboxylic acids is 2. The molecule has 4 aliphatic rings. The molecular formula is C30H30FN3O5. The topological polar surface area (TPSA) is 111 Å². The number of nitrogens with one attached hydrogen (secondary N) is 1. The van der Waals surface area contributed by atoms with Gasteiger partial charge < -0.3 is 19.7 Å². The first-order valence-electron chi connectivity index (χ1n) is 13.8. The molecule has 7 rings (SSSR count). The standard InChI is InChI=1S/C30H30FN3O5/c1-14-16-8-9-21(33-27(35)15-6-4-3-5-7-15)25-17-12-34-23(26(17)32-22(24(16)25)11-20(14)31)10-19-18(28(34)36)13-39-29(37)30(19,2)38/h10-11,15,21,38H,3-9,12-13H2,1-2H3,(H,33,35)/t21-,30-/m0/s1. The summed E-state index contributed by atoms with van der Waals surface area (Å²) in [6.07, 6.45) is 6.28. The van der Waals surface area contributed by atoms with E-state index in [2.05, 4.69) is 5.32 Å². The minimum Gasteiger partial charge on any atom is -0.458 e. The maximum Gasteiger partial charge on any atom is 0.342 e. The van der Waals surface area contributed by atoms with Gasteiger partial charge in [-0.25, -0.2) is 14.2 Å². The lowest BCUT2D eigenvalue weighted by atomic mass is 9.81. The molecule has 2 aliphatic heterocycles. The molecule has 1 saturated carbocycles. The Bertz CT molecular complexity index is 1670. The van der Waals surface area contributed by atoms with E-state index >= 15 is 4.39 Å². The van der Waals surface area contributed by atoms with Crippen molar-refractivity contribution in [3.63, 3.8) is 0 Å². The molecule has 4 heterocycles. The number of ether oxygens (including phenoxy) is 1. The molecule has 8 nitrogen and oxygen atoms in total. The summed E-state index contributed by atoms with van der Waals surface area (Å²) in [6, 6.07) is 2.78. The number of halogens is 1. The molecule has 0 radical (unpaired) electrons. The Balaban J connectivity index is 1.43. The van der Waals surface area contributed by atoms with E-state index in [0.29, 0.717) is 35.3 Å². The first kappa shape index (κ1) is 24.5. The number of benzene rings is 1. The third-order valence-corrected chi connectivity index (χ3v) is 9.30. The predicted octanol–water partition coefficient (Wildman–Crippen LogP) is 3.82. The predicted molar refractivity (Wildman–Crippen MR) is 140 cm³/mol. The van der Waals surface area contributed by atoms with E-state index < -0.39 is 11.6 Å². The molecule has 2 atom stereocenters. The van der Waals surface area contributed by atoms with Crippen LogP contribution in [0.1, 0.15) is 84.9 Å². The maximum atomic E-state index is 15.0. The van der Waals surface area contributed by atoms with Crippen LogP contribution in [0.15, 0.2) is 16.9 Å². The van der Waals surface area contributed by atoms with Gasteiger partial charge in [-0.15, -0.1) is 0 Å². The zero-order chi connectivity index (χ0) is 27.2. The third kappa shape index (κ3) is 3.45. The van der Waals surface area contributed by atoms with E-state index in [0.717, 1.165) is 54.2 Å². The highest BCUT2D eigenvalue weighted by Crippen LogP contribution is 2.45. The number of aromatic nitrogens is 2. The highest BCUT2D eigenvalue weighted by Gasteiger charge is 2.44. The first-order valence-corrected chi connectivity index (χ1v) is 13.8. The monoisotopic (exact) mass is 531 g/mol. The third-order valence-electron chi connectivity index (χ3n) is 9.30. The van der Waals surface area contributed by atoms with Crippen molar-refractivity contribution in [1.82, 2.24) is 14.9 Å². The van der Waals surface area contributed by atoms with Gasteiger partial charge in [0.1, 0.15) is 12.4 Å². The molecule has 2 aromatic heterocycles. The maximum absolute atomic E-state index is 15.0. The summed E-state index contributed by atoms with van der Waals surface area (Å²) in [5.74, 6) is -1.11. The molecule has 1 amide bonds. The van der Waals surface area contributed by atoms with E-state index in [-0.39, 0.29) is 53.5 Å². The van der Waals surface area contributed by atoms with Crippen LogP contribution in [0.5, 0.6) is 0 Å². The lowest BCUT2D eigenvalue weighted by Gasteiger charge is -2.31. The second kappa shape index (κ2) is 8.45. The fraction of sp³-hybridized carbons (Fsp3) is 0.467. The summed E-state index contributed by atoms with van der Waals surface area (Å²) in [4.78, 5) is 44.1. The minimum atomic E-state index is -1.97. The van der Waals surface area contributed by atoms with E-state index in [1.165, 1.54) is 13.0 Å².